The van der Waals surface area contributed by atoms with Crippen molar-refractivity contribution in [3.8, 4) is 0 Å². The fraction of sp³-hybridized carbons (Fsp3) is 0.417. The summed E-state index contributed by atoms with van der Waals surface area (Å²) in [7, 11) is 0. The Morgan fingerprint density at radius 3 is 2.66 bits per heavy atom. The predicted octanol–water partition coefficient (Wildman–Crippen LogP) is 4.64. The summed E-state index contributed by atoms with van der Waals surface area (Å²) in [6.45, 7) is 2.65. The summed E-state index contributed by atoms with van der Waals surface area (Å²) in [6, 6.07) is 11.3. The Hall–Kier alpha value is -3.00. The van der Waals surface area contributed by atoms with E-state index in [0.717, 1.165) is 49.4 Å². The van der Waals surface area contributed by atoms with Gasteiger partial charge in [-0.1, -0.05) is 18.6 Å². The normalized spacial score (nSPS) is 13.9. The average Bonchev–Trinajstić information content (AvgIpc) is 2.82. The first-order chi connectivity index (χ1) is 15.6. The minimum atomic E-state index is -0.0670. The van der Waals surface area contributed by atoms with Crippen molar-refractivity contribution < 1.29 is 4.79 Å². The van der Waals surface area contributed by atoms with Gasteiger partial charge in [-0.05, 0) is 68.6 Å². The smallest absolute Gasteiger partial charge is 0.262 e. The summed E-state index contributed by atoms with van der Waals surface area (Å²) in [5, 5.41) is 3.56. The van der Waals surface area contributed by atoms with Crippen LogP contribution in [0.5, 0.6) is 0 Å². The molecule has 0 spiro atoms. The largest absolute Gasteiger partial charge is 0.357 e. The van der Waals surface area contributed by atoms with Gasteiger partial charge in [-0.25, -0.2) is 4.98 Å². The zero-order valence-corrected chi connectivity index (χ0v) is 19.0. The highest BCUT2D eigenvalue weighted by molar-refractivity contribution is 7.71. The molecule has 2 N–H and O–H groups in total. The molecule has 32 heavy (non-hydrogen) atoms. The summed E-state index contributed by atoms with van der Waals surface area (Å²) in [5.74, 6) is 0.961. The molecule has 1 fully saturated rings. The van der Waals surface area contributed by atoms with E-state index in [9.17, 15) is 9.59 Å². The van der Waals surface area contributed by atoms with E-state index in [0.29, 0.717) is 23.1 Å². The van der Waals surface area contributed by atoms with Crippen molar-refractivity contribution in [2.45, 2.75) is 51.5 Å². The number of hydrogen-bond acceptors (Lipinski definition) is 5. The molecule has 8 heteroatoms. The average molecular weight is 452 g/mol. The Morgan fingerprint density at radius 1 is 1.06 bits per heavy atom. The number of benzene rings is 1. The quantitative estimate of drug-likeness (QED) is 0.385. The lowest BCUT2D eigenvalue weighted by Gasteiger charge is -2.27. The Balaban J connectivity index is 1.21. The molecule has 0 bridgehead atoms. The molecule has 1 aromatic carbocycles. The van der Waals surface area contributed by atoms with Gasteiger partial charge in [0.05, 0.1) is 22.8 Å². The summed E-state index contributed by atoms with van der Waals surface area (Å²) in [5.41, 5.74) is 1.42. The van der Waals surface area contributed by atoms with Crippen LogP contribution in [0.15, 0.2) is 47.4 Å². The fourth-order valence-electron chi connectivity index (χ4n) is 4.13. The lowest BCUT2D eigenvalue weighted by Crippen LogP contribution is -2.30. The highest BCUT2D eigenvalue weighted by atomic mass is 32.1. The molecule has 1 amide bonds. The number of rotatable bonds is 8. The van der Waals surface area contributed by atoms with Crippen molar-refractivity contribution in [2.75, 3.05) is 23.3 Å². The van der Waals surface area contributed by atoms with Gasteiger partial charge in [0.15, 0.2) is 4.77 Å². The Morgan fingerprint density at radius 2 is 1.88 bits per heavy atom. The molecule has 1 aliphatic heterocycles. The highest BCUT2D eigenvalue weighted by Gasteiger charge is 2.12. The van der Waals surface area contributed by atoms with Crippen LogP contribution in [0.25, 0.3) is 10.9 Å². The monoisotopic (exact) mass is 451 g/mol. The van der Waals surface area contributed by atoms with Crippen LogP contribution >= 0.6 is 12.2 Å². The van der Waals surface area contributed by atoms with Gasteiger partial charge < -0.3 is 15.2 Å². The molecule has 3 heterocycles. The molecular formula is C24H29N5O2S. The summed E-state index contributed by atoms with van der Waals surface area (Å²) in [6.07, 6.45) is 8.26. The van der Waals surface area contributed by atoms with E-state index in [-0.39, 0.29) is 11.5 Å². The van der Waals surface area contributed by atoms with Crippen LogP contribution in [0, 0.1) is 4.77 Å². The van der Waals surface area contributed by atoms with E-state index in [2.05, 4.69) is 20.2 Å². The van der Waals surface area contributed by atoms with E-state index < -0.39 is 0 Å². The number of anilines is 2. The number of piperidine rings is 1. The van der Waals surface area contributed by atoms with Gasteiger partial charge in [0.1, 0.15) is 5.82 Å². The number of amides is 1. The Bertz CT molecular complexity index is 1180. The molecule has 168 valence electrons. The lowest BCUT2D eigenvalue weighted by atomic mass is 10.1. The topological polar surface area (TPSA) is 83.0 Å². The molecule has 0 atom stereocenters. The molecule has 3 aromatic rings. The van der Waals surface area contributed by atoms with Gasteiger partial charge in [-0.15, -0.1) is 0 Å². The number of pyridine rings is 1. The van der Waals surface area contributed by atoms with Gasteiger partial charge in [-0.3, -0.25) is 14.2 Å². The first-order valence-electron chi connectivity index (χ1n) is 11.3. The van der Waals surface area contributed by atoms with Gasteiger partial charge >= 0.3 is 0 Å². The number of nitrogens with zero attached hydrogens (tertiary/aromatic N) is 3. The van der Waals surface area contributed by atoms with E-state index in [4.69, 9.17) is 12.2 Å². The number of hydrogen-bond donors (Lipinski definition) is 2. The number of aromatic amines is 1. The van der Waals surface area contributed by atoms with Crippen LogP contribution in [-0.2, 0) is 11.3 Å². The number of carbonyl (C=O) groups excluding carboxylic acids is 1. The maximum absolute atomic E-state index is 12.7. The molecule has 2 aromatic heterocycles. The van der Waals surface area contributed by atoms with Crippen molar-refractivity contribution in [3.63, 3.8) is 0 Å². The highest BCUT2D eigenvalue weighted by Crippen LogP contribution is 2.19. The second kappa shape index (κ2) is 10.5. The van der Waals surface area contributed by atoms with E-state index >= 15 is 0 Å². The van der Waals surface area contributed by atoms with Crippen molar-refractivity contribution in [3.05, 3.63) is 57.7 Å². The molecular weight excluding hydrogens is 422 g/mol. The minimum Gasteiger partial charge on any atom is -0.357 e. The van der Waals surface area contributed by atoms with E-state index in [1.165, 1.54) is 19.3 Å². The van der Waals surface area contributed by atoms with Gasteiger partial charge in [-0.2, -0.15) is 0 Å². The zero-order valence-electron chi connectivity index (χ0n) is 18.2. The second-order valence-electron chi connectivity index (χ2n) is 8.24. The molecule has 4 rings (SSSR count). The lowest BCUT2D eigenvalue weighted by molar-refractivity contribution is -0.116. The van der Waals surface area contributed by atoms with Crippen molar-refractivity contribution in [1.29, 1.82) is 0 Å². The van der Waals surface area contributed by atoms with Gasteiger partial charge in [0.2, 0.25) is 5.91 Å². The van der Waals surface area contributed by atoms with Crippen LogP contribution < -0.4 is 15.8 Å². The maximum atomic E-state index is 12.7. The second-order valence-corrected chi connectivity index (χ2v) is 8.63. The van der Waals surface area contributed by atoms with Crippen LogP contribution in [0.3, 0.4) is 0 Å². The number of aromatic nitrogens is 3. The predicted molar refractivity (Wildman–Crippen MR) is 131 cm³/mol. The summed E-state index contributed by atoms with van der Waals surface area (Å²) >= 11 is 5.34. The Kier molecular flexibility index (Phi) is 7.32. The third kappa shape index (κ3) is 5.43. The molecule has 0 saturated carbocycles. The van der Waals surface area contributed by atoms with Crippen LogP contribution in [0.2, 0.25) is 0 Å². The van der Waals surface area contributed by atoms with Crippen molar-refractivity contribution in [2.24, 2.45) is 0 Å². The number of H-pyrrole nitrogens is 1. The number of nitrogens with one attached hydrogen (secondary N) is 2. The van der Waals surface area contributed by atoms with Crippen LogP contribution in [0.4, 0.5) is 11.5 Å². The number of unbranched alkanes of at least 4 members (excludes halogenated alkanes) is 2. The zero-order chi connectivity index (χ0) is 22.3. The standard InChI is InChI=1S/C24H29N5O2S/c30-22(26-18-12-13-21(25-17-18)28-14-6-2-7-15-28)11-3-1-8-16-29-23(31)19-9-4-5-10-20(19)27-24(29)32/h4-5,9-10,12-13,17H,1-3,6-8,11,14-16H2,(H,26,30)(H,27,32). The molecule has 0 aliphatic carbocycles. The minimum absolute atomic E-state index is 0.0160. The molecule has 7 nitrogen and oxygen atoms in total. The van der Waals surface area contributed by atoms with Gasteiger partial charge in [0.25, 0.3) is 5.56 Å². The summed E-state index contributed by atoms with van der Waals surface area (Å²) < 4.78 is 2.04. The third-order valence-corrected chi connectivity index (χ3v) is 6.21. The Labute approximate surface area is 192 Å². The molecule has 1 saturated heterocycles. The van der Waals surface area contributed by atoms with E-state index in [1.54, 1.807) is 16.8 Å². The first-order valence-corrected chi connectivity index (χ1v) is 11.8. The fourth-order valence-corrected chi connectivity index (χ4v) is 4.41. The van der Waals surface area contributed by atoms with Gasteiger partial charge in [0, 0.05) is 26.1 Å². The van der Waals surface area contributed by atoms with Crippen LogP contribution in [0.1, 0.15) is 44.9 Å². The molecule has 0 unspecified atom stereocenters. The first kappa shape index (κ1) is 22.2. The maximum Gasteiger partial charge on any atom is 0.262 e. The number of carbonyl (C=O) groups is 1. The molecule has 0 radical (unpaired) electrons. The third-order valence-electron chi connectivity index (χ3n) is 5.89. The number of para-hydroxylation sites is 1. The van der Waals surface area contributed by atoms with Crippen molar-refractivity contribution >= 4 is 40.5 Å². The molecule has 1 aliphatic rings. The SMILES string of the molecule is O=C(CCCCCn1c(=S)[nH]c2ccccc2c1=O)Nc1ccc(N2CCCCC2)nc1. The summed E-state index contributed by atoms with van der Waals surface area (Å²) in [4.78, 5) is 34.8. The number of fused-ring (bicyclic) bond motifs is 1. The van der Waals surface area contributed by atoms with Crippen molar-refractivity contribution in [1.82, 2.24) is 14.5 Å². The van der Waals surface area contributed by atoms with E-state index in [1.807, 2.05) is 30.3 Å². The van der Waals surface area contributed by atoms with Crippen LogP contribution in [-0.4, -0.2) is 33.5 Å².